The monoisotopic (exact) mass is 298 g/mol. The van der Waals surface area contributed by atoms with Crippen molar-refractivity contribution in [1.82, 2.24) is 9.88 Å². The summed E-state index contributed by atoms with van der Waals surface area (Å²) in [6.07, 6.45) is 5.91. The first-order valence-corrected chi connectivity index (χ1v) is 7.05. The number of fused-ring (bicyclic) bond motifs is 1. The zero-order chi connectivity index (χ0) is 16.1. The Balaban J connectivity index is 2.66. The number of nitrogens with zero attached hydrogens (tertiary/aromatic N) is 1. The van der Waals surface area contributed by atoms with Crippen molar-refractivity contribution in [2.75, 3.05) is 13.7 Å². The molecule has 0 fully saturated rings. The molecule has 2 rings (SSSR count). The molecule has 0 unspecified atom stereocenters. The molecule has 0 saturated heterocycles. The maximum Gasteiger partial charge on any atom is 0.268 e. The Morgan fingerprint density at radius 3 is 2.82 bits per heavy atom. The zero-order valence-corrected chi connectivity index (χ0v) is 12.7. The number of aromatic nitrogens is 1. The molecule has 1 aromatic carbocycles. The van der Waals surface area contributed by atoms with E-state index in [-0.39, 0.29) is 18.0 Å². The fourth-order valence-electron chi connectivity index (χ4n) is 2.32. The topological polar surface area (TPSA) is 60.3 Å². The number of carbonyl (C=O) groups is 1. The lowest BCUT2D eigenvalue weighted by Gasteiger charge is -2.13. The highest BCUT2D eigenvalue weighted by atomic mass is 16.5. The molecule has 0 spiro atoms. The quantitative estimate of drug-likeness (QED) is 0.856. The maximum absolute atomic E-state index is 12.6. The second-order valence-electron chi connectivity index (χ2n) is 4.83. The third kappa shape index (κ3) is 2.96. The maximum atomic E-state index is 12.6. The highest BCUT2D eigenvalue weighted by Crippen LogP contribution is 2.19. The van der Waals surface area contributed by atoms with Gasteiger partial charge in [0, 0.05) is 11.9 Å². The average molecular weight is 298 g/mol. The number of methoxy groups -OCH3 is 1. The van der Waals surface area contributed by atoms with E-state index in [2.05, 4.69) is 11.2 Å². The number of rotatable bonds is 5. The van der Waals surface area contributed by atoms with Crippen molar-refractivity contribution in [1.29, 1.82) is 0 Å². The van der Waals surface area contributed by atoms with Crippen molar-refractivity contribution in [2.24, 2.45) is 0 Å². The van der Waals surface area contributed by atoms with Gasteiger partial charge in [-0.3, -0.25) is 9.59 Å². The molecule has 22 heavy (non-hydrogen) atoms. The van der Waals surface area contributed by atoms with E-state index in [1.54, 1.807) is 31.4 Å². The van der Waals surface area contributed by atoms with Crippen molar-refractivity contribution >= 4 is 16.7 Å². The van der Waals surface area contributed by atoms with E-state index in [1.165, 1.54) is 4.57 Å². The van der Waals surface area contributed by atoms with E-state index in [4.69, 9.17) is 11.2 Å². The van der Waals surface area contributed by atoms with E-state index >= 15 is 0 Å². The minimum atomic E-state index is -0.354. The fraction of sp³-hybridized carbons (Fsp3) is 0.294. The number of carbonyl (C=O) groups excluding carboxylic acids is 1. The van der Waals surface area contributed by atoms with Gasteiger partial charge in [-0.1, -0.05) is 12.8 Å². The Morgan fingerprint density at radius 2 is 2.18 bits per heavy atom. The summed E-state index contributed by atoms with van der Waals surface area (Å²) >= 11 is 0. The van der Waals surface area contributed by atoms with Crippen LogP contribution in [-0.4, -0.2) is 24.1 Å². The summed E-state index contributed by atoms with van der Waals surface area (Å²) in [6, 6.07) is 6.88. The van der Waals surface area contributed by atoms with Crippen molar-refractivity contribution < 1.29 is 9.53 Å². The van der Waals surface area contributed by atoms with Crippen LogP contribution in [0.15, 0.2) is 29.1 Å². The lowest BCUT2D eigenvalue weighted by molar-refractivity contribution is 0.0948. The zero-order valence-electron chi connectivity index (χ0n) is 12.7. The van der Waals surface area contributed by atoms with Gasteiger partial charge in [-0.05, 0) is 36.1 Å². The van der Waals surface area contributed by atoms with Crippen LogP contribution in [0.3, 0.4) is 0 Å². The fourth-order valence-corrected chi connectivity index (χ4v) is 2.32. The van der Waals surface area contributed by atoms with Gasteiger partial charge in [-0.2, -0.15) is 0 Å². The van der Waals surface area contributed by atoms with Crippen LogP contribution in [0.25, 0.3) is 10.8 Å². The number of pyridine rings is 1. The molecule has 1 N–H and O–H groups in total. The number of ether oxygens (including phenoxy) is 1. The summed E-state index contributed by atoms with van der Waals surface area (Å²) in [6.45, 7) is 2.54. The third-order valence-electron chi connectivity index (χ3n) is 3.35. The van der Waals surface area contributed by atoms with Gasteiger partial charge in [0.1, 0.15) is 11.4 Å². The molecule has 0 atom stereocenters. The lowest BCUT2D eigenvalue weighted by Crippen LogP contribution is -2.32. The van der Waals surface area contributed by atoms with Crippen LogP contribution in [0, 0.1) is 12.3 Å². The molecular formula is C17H18N2O3. The summed E-state index contributed by atoms with van der Waals surface area (Å²) in [5, 5.41) is 3.83. The first-order chi connectivity index (χ1) is 10.6. The van der Waals surface area contributed by atoms with Crippen LogP contribution in [0.4, 0.5) is 0 Å². The van der Waals surface area contributed by atoms with Crippen molar-refractivity contribution in [3.8, 4) is 18.1 Å². The number of terminal acetylenes is 1. The van der Waals surface area contributed by atoms with Gasteiger partial charge in [0.15, 0.2) is 0 Å². The summed E-state index contributed by atoms with van der Waals surface area (Å²) in [5.74, 6) is 2.63. The molecule has 1 amide bonds. The molecule has 5 nitrogen and oxygen atoms in total. The van der Waals surface area contributed by atoms with E-state index in [0.29, 0.717) is 28.8 Å². The van der Waals surface area contributed by atoms with Crippen LogP contribution in [-0.2, 0) is 6.54 Å². The van der Waals surface area contributed by atoms with Gasteiger partial charge in [0.25, 0.3) is 11.5 Å². The van der Waals surface area contributed by atoms with Crippen LogP contribution >= 0.6 is 0 Å². The molecule has 0 radical (unpaired) electrons. The summed E-state index contributed by atoms with van der Waals surface area (Å²) in [4.78, 5) is 24.9. The highest BCUT2D eigenvalue weighted by molar-refractivity contribution is 5.97. The molecule has 0 bridgehead atoms. The molecule has 0 aliphatic rings. The Morgan fingerprint density at radius 1 is 1.41 bits per heavy atom. The number of benzene rings is 1. The molecule has 5 heteroatoms. The van der Waals surface area contributed by atoms with Crippen molar-refractivity contribution in [2.45, 2.75) is 19.9 Å². The predicted octanol–water partition coefficient (Wildman–Crippen LogP) is 1.78. The Labute approximate surface area is 128 Å². The van der Waals surface area contributed by atoms with Crippen molar-refractivity contribution in [3.05, 3.63) is 40.3 Å². The van der Waals surface area contributed by atoms with E-state index in [9.17, 15) is 9.59 Å². The number of amides is 1. The number of hydrogen-bond donors (Lipinski definition) is 1. The van der Waals surface area contributed by atoms with Gasteiger partial charge in [0.05, 0.1) is 13.7 Å². The Kier molecular flexibility index (Phi) is 4.84. The molecule has 2 aromatic rings. The van der Waals surface area contributed by atoms with Gasteiger partial charge in [-0.25, -0.2) is 0 Å². The van der Waals surface area contributed by atoms with Crippen LogP contribution in [0.1, 0.15) is 23.8 Å². The second kappa shape index (κ2) is 6.81. The molecular weight excluding hydrogens is 280 g/mol. The van der Waals surface area contributed by atoms with Gasteiger partial charge < -0.3 is 14.6 Å². The summed E-state index contributed by atoms with van der Waals surface area (Å²) in [7, 11) is 1.56. The summed E-state index contributed by atoms with van der Waals surface area (Å²) < 4.78 is 6.66. The number of nitrogens with one attached hydrogen (secondary N) is 1. The smallest absolute Gasteiger partial charge is 0.268 e. The van der Waals surface area contributed by atoms with Gasteiger partial charge >= 0.3 is 0 Å². The van der Waals surface area contributed by atoms with Crippen molar-refractivity contribution in [3.63, 3.8) is 0 Å². The molecule has 0 aliphatic carbocycles. The Hall–Kier alpha value is -2.74. The Bertz CT molecular complexity index is 800. The van der Waals surface area contributed by atoms with Crippen LogP contribution < -0.4 is 15.6 Å². The van der Waals surface area contributed by atoms with Crippen LogP contribution in [0.5, 0.6) is 5.75 Å². The molecule has 1 aromatic heterocycles. The standard InChI is InChI=1S/C17H18N2O3/c1-4-8-18-16(20)15-11-12-10-13(22-3)6-7-14(12)17(21)19(15)9-5-2/h1,6-7,10-11H,5,8-9H2,2-3H3,(H,18,20). The molecule has 114 valence electrons. The summed E-state index contributed by atoms with van der Waals surface area (Å²) in [5.41, 5.74) is 0.121. The molecule has 1 heterocycles. The first-order valence-electron chi connectivity index (χ1n) is 7.05. The second-order valence-corrected chi connectivity index (χ2v) is 4.83. The lowest BCUT2D eigenvalue weighted by atomic mass is 10.1. The van der Waals surface area contributed by atoms with Crippen LogP contribution in [0.2, 0.25) is 0 Å². The first kappa shape index (κ1) is 15.6. The minimum Gasteiger partial charge on any atom is -0.497 e. The SMILES string of the molecule is C#CCNC(=O)c1cc2cc(OC)ccc2c(=O)n1CCC. The van der Waals surface area contributed by atoms with E-state index < -0.39 is 0 Å². The predicted molar refractivity (Wildman–Crippen MR) is 86.2 cm³/mol. The number of hydrogen-bond acceptors (Lipinski definition) is 3. The highest BCUT2D eigenvalue weighted by Gasteiger charge is 2.15. The minimum absolute atomic E-state index is 0.120. The van der Waals surface area contributed by atoms with E-state index in [0.717, 1.165) is 6.42 Å². The molecule has 0 saturated carbocycles. The normalized spacial score (nSPS) is 10.2. The van der Waals surface area contributed by atoms with E-state index in [1.807, 2.05) is 6.92 Å². The third-order valence-corrected chi connectivity index (χ3v) is 3.35. The van der Waals surface area contributed by atoms with Gasteiger partial charge in [0.2, 0.25) is 0 Å². The average Bonchev–Trinajstić information content (AvgIpc) is 2.54. The molecule has 0 aliphatic heterocycles. The van der Waals surface area contributed by atoms with Gasteiger partial charge in [-0.15, -0.1) is 6.42 Å². The largest absolute Gasteiger partial charge is 0.497 e.